The zero-order valence-corrected chi connectivity index (χ0v) is 9.68. The van der Waals surface area contributed by atoms with Gasteiger partial charge in [-0.1, -0.05) is 43.2 Å². The average Bonchev–Trinajstić information content (AvgIpc) is 2.83. The fourth-order valence-electron chi connectivity index (χ4n) is 2.66. The van der Waals surface area contributed by atoms with Crippen LogP contribution in [0.25, 0.3) is 0 Å². The van der Waals surface area contributed by atoms with E-state index < -0.39 is 0 Å². The zero-order valence-electron chi connectivity index (χ0n) is 9.68. The van der Waals surface area contributed by atoms with Crippen molar-refractivity contribution >= 4 is 0 Å². The highest BCUT2D eigenvalue weighted by atomic mass is 16.3. The van der Waals surface area contributed by atoms with Gasteiger partial charge < -0.3 is 10.8 Å². The van der Waals surface area contributed by atoms with Gasteiger partial charge in [0, 0.05) is 6.04 Å². The van der Waals surface area contributed by atoms with Gasteiger partial charge in [-0.2, -0.15) is 0 Å². The lowest BCUT2D eigenvalue weighted by Gasteiger charge is -2.24. The highest BCUT2D eigenvalue weighted by molar-refractivity contribution is 5.16. The lowest BCUT2D eigenvalue weighted by Crippen LogP contribution is -2.40. The molecule has 0 bridgehead atoms. The molecule has 1 saturated carbocycles. The van der Waals surface area contributed by atoms with E-state index >= 15 is 0 Å². The second-order valence-corrected chi connectivity index (χ2v) is 4.89. The lowest BCUT2D eigenvalue weighted by molar-refractivity contribution is 0.0845. The van der Waals surface area contributed by atoms with Crippen molar-refractivity contribution in [3.63, 3.8) is 0 Å². The molecule has 16 heavy (non-hydrogen) atoms. The molecule has 0 amide bonds. The fraction of sp³-hybridized carbons (Fsp3) is 0.571. The van der Waals surface area contributed by atoms with Crippen molar-refractivity contribution in [1.29, 1.82) is 0 Å². The van der Waals surface area contributed by atoms with Crippen LogP contribution in [0.4, 0.5) is 0 Å². The largest absolute Gasteiger partial charge is 0.391 e. The Kier molecular flexibility index (Phi) is 3.97. The van der Waals surface area contributed by atoms with Crippen molar-refractivity contribution in [2.24, 2.45) is 11.7 Å². The molecule has 3 N–H and O–H groups in total. The number of rotatable bonds is 4. The first-order valence-corrected chi connectivity index (χ1v) is 6.25. The molecule has 0 aromatic heterocycles. The normalized spacial score (nSPS) is 20.9. The van der Waals surface area contributed by atoms with Crippen LogP contribution in [-0.4, -0.2) is 17.3 Å². The van der Waals surface area contributed by atoms with Gasteiger partial charge in [-0.25, -0.2) is 0 Å². The number of nitrogens with two attached hydrogens (primary N) is 1. The SMILES string of the molecule is N[C@@H](Cc1ccccc1)[C@@H](O)C1CCCC1. The molecule has 2 heteroatoms. The van der Waals surface area contributed by atoms with Gasteiger partial charge >= 0.3 is 0 Å². The van der Waals surface area contributed by atoms with Crippen LogP contribution in [0.2, 0.25) is 0 Å². The van der Waals surface area contributed by atoms with Crippen molar-refractivity contribution in [1.82, 2.24) is 0 Å². The smallest absolute Gasteiger partial charge is 0.0722 e. The maximum atomic E-state index is 10.2. The van der Waals surface area contributed by atoms with Crippen molar-refractivity contribution < 1.29 is 5.11 Å². The third kappa shape index (κ3) is 2.83. The summed E-state index contributed by atoms with van der Waals surface area (Å²) in [6, 6.07) is 10.1. The summed E-state index contributed by atoms with van der Waals surface area (Å²) in [6.07, 6.45) is 5.23. The van der Waals surface area contributed by atoms with Gasteiger partial charge in [-0.05, 0) is 30.7 Å². The Morgan fingerprint density at radius 3 is 2.44 bits per heavy atom. The summed E-state index contributed by atoms with van der Waals surface area (Å²) in [5.41, 5.74) is 7.29. The number of aliphatic hydroxyl groups excluding tert-OH is 1. The molecule has 88 valence electrons. The Balaban J connectivity index is 1.89. The van der Waals surface area contributed by atoms with Crippen molar-refractivity contribution in [3.05, 3.63) is 35.9 Å². The average molecular weight is 219 g/mol. The summed E-state index contributed by atoms with van der Waals surface area (Å²) >= 11 is 0. The fourth-order valence-corrected chi connectivity index (χ4v) is 2.66. The van der Waals surface area contributed by atoms with E-state index in [1.54, 1.807) is 0 Å². The van der Waals surface area contributed by atoms with Crippen LogP contribution in [0.5, 0.6) is 0 Å². The van der Waals surface area contributed by atoms with E-state index in [0.717, 1.165) is 19.3 Å². The summed E-state index contributed by atoms with van der Waals surface area (Å²) in [6.45, 7) is 0. The molecule has 0 unspecified atom stereocenters. The molecule has 2 atom stereocenters. The van der Waals surface area contributed by atoms with E-state index in [9.17, 15) is 5.11 Å². The summed E-state index contributed by atoms with van der Waals surface area (Å²) in [5, 5.41) is 10.2. The summed E-state index contributed by atoms with van der Waals surface area (Å²) < 4.78 is 0. The van der Waals surface area contributed by atoms with Crippen LogP contribution in [0.1, 0.15) is 31.2 Å². The molecule has 0 radical (unpaired) electrons. The molecule has 1 fully saturated rings. The van der Waals surface area contributed by atoms with Crippen molar-refractivity contribution in [3.8, 4) is 0 Å². The van der Waals surface area contributed by atoms with Crippen molar-refractivity contribution in [2.75, 3.05) is 0 Å². The van der Waals surface area contributed by atoms with E-state index in [4.69, 9.17) is 5.73 Å². The molecule has 0 spiro atoms. The Morgan fingerprint density at radius 1 is 1.19 bits per heavy atom. The second-order valence-electron chi connectivity index (χ2n) is 4.89. The van der Waals surface area contributed by atoms with Crippen LogP contribution >= 0.6 is 0 Å². The first kappa shape index (κ1) is 11.6. The van der Waals surface area contributed by atoms with E-state index in [2.05, 4.69) is 12.1 Å². The van der Waals surface area contributed by atoms with Crippen LogP contribution in [-0.2, 0) is 6.42 Å². The number of benzene rings is 1. The molecule has 1 aromatic carbocycles. The van der Waals surface area contributed by atoms with Crippen LogP contribution in [0.3, 0.4) is 0 Å². The molecule has 2 rings (SSSR count). The van der Waals surface area contributed by atoms with Gasteiger partial charge in [0.25, 0.3) is 0 Å². The standard InChI is InChI=1S/C14H21NO/c15-13(10-11-6-2-1-3-7-11)14(16)12-8-4-5-9-12/h1-3,6-7,12-14,16H,4-5,8-10,15H2/t13-,14-/m0/s1. The van der Waals surface area contributed by atoms with Gasteiger partial charge in [0.2, 0.25) is 0 Å². The minimum atomic E-state index is -0.331. The predicted molar refractivity (Wildman–Crippen MR) is 66.1 cm³/mol. The van der Waals surface area contributed by atoms with Crippen LogP contribution in [0.15, 0.2) is 30.3 Å². The highest BCUT2D eigenvalue weighted by Crippen LogP contribution is 2.29. The maximum Gasteiger partial charge on any atom is 0.0722 e. The van der Waals surface area contributed by atoms with Gasteiger partial charge in [0.1, 0.15) is 0 Å². The lowest BCUT2D eigenvalue weighted by atomic mass is 9.91. The molecule has 1 aliphatic rings. The Labute approximate surface area is 97.5 Å². The molecular weight excluding hydrogens is 198 g/mol. The third-order valence-electron chi connectivity index (χ3n) is 3.64. The van der Waals surface area contributed by atoms with E-state index in [1.165, 1.54) is 18.4 Å². The third-order valence-corrected chi connectivity index (χ3v) is 3.64. The first-order valence-electron chi connectivity index (χ1n) is 6.25. The number of hydrogen-bond acceptors (Lipinski definition) is 2. The topological polar surface area (TPSA) is 46.2 Å². The Hall–Kier alpha value is -0.860. The Bertz CT molecular complexity index is 306. The molecule has 1 aromatic rings. The van der Waals surface area contributed by atoms with Crippen LogP contribution < -0.4 is 5.73 Å². The second kappa shape index (κ2) is 5.46. The predicted octanol–water partition coefficient (Wildman–Crippen LogP) is 2.11. The molecular formula is C14H21NO. The van der Waals surface area contributed by atoms with Gasteiger partial charge in [-0.15, -0.1) is 0 Å². The number of hydrogen-bond donors (Lipinski definition) is 2. The van der Waals surface area contributed by atoms with Crippen LogP contribution in [0, 0.1) is 5.92 Å². The van der Waals surface area contributed by atoms with Gasteiger partial charge in [0.05, 0.1) is 6.10 Å². The monoisotopic (exact) mass is 219 g/mol. The molecule has 0 heterocycles. The molecule has 0 saturated heterocycles. The molecule has 2 nitrogen and oxygen atoms in total. The van der Waals surface area contributed by atoms with E-state index in [0.29, 0.717) is 5.92 Å². The molecule has 1 aliphatic carbocycles. The van der Waals surface area contributed by atoms with Gasteiger partial charge in [0.15, 0.2) is 0 Å². The van der Waals surface area contributed by atoms with Crippen molar-refractivity contribution in [2.45, 2.75) is 44.2 Å². The summed E-state index contributed by atoms with van der Waals surface area (Å²) in [5.74, 6) is 0.429. The summed E-state index contributed by atoms with van der Waals surface area (Å²) in [4.78, 5) is 0. The Morgan fingerprint density at radius 2 is 1.81 bits per heavy atom. The number of aliphatic hydroxyl groups is 1. The quantitative estimate of drug-likeness (QED) is 0.814. The van der Waals surface area contributed by atoms with E-state index in [1.807, 2.05) is 18.2 Å². The van der Waals surface area contributed by atoms with E-state index in [-0.39, 0.29) is 12.1 Å². The minimum Gasteiger partial charge on any atom is -0.391 e. The minimum absolute atomic E-state index is 0.120. The summed E-state index contributed by atoms with van der Waals surface area (Å²) in [7, 11) is 0. The zero-order chi connectivity index (χ0) is 11.4. The highest BCUT2D eigenvalue weighted by Gasteiger charge is 2.27. The van der Waals surface area contributed by atoms with Gasteiger partial charge in [-0.3, -0.25) is 0 Å². The first-order chi connectivity index (χ1) is 7.77. The maximum absolute atomic E-state index is 10.2. The molecule has 0 aliphatic heterocycles.